The number of hydrogen-bond donors (Lipinski definition) is 2. The topological polar surface area (TPSA) is 84.4 Å². The SMILES string of the molecule is COCc1cc(=O)[nH]c(-c2cc(Br)c(O)c(OC)c2)n1. The van der Waals surface area contributed by atoms with Gasteiger partial charge in [-0.25, -0.2) is 4.98 Å². The molecule has 2 rings (SSSR count). The fourth-order valence-electron chi connectivity index (χ4n) is 1.73. The molecule has 2 N–H and O–H groups in total. The normalized spacial score (nSPS) is 10.6. The molecule has 0 aliphatic rings. The first kappa shape index (κ1) is 14.5. The molecule has 0 saturated heterocycles. The van der Waals surface area contributed by atoms with Crippen LogP contribution in [0.1, 0.15) is 5.69 Å². The number of aromatic hydroxyl groups is 1. The maximum absolute atomic E-state index is 11.6. The summed E-state index contributed by atoms with van der Waals surface area (Å²) in [7, 11) is 2.98. The Kier molecular flexibility index (Phi) is 4.41. The van der Waals surface area contributed by atoms with Crippen LogP contribution in [0.2, 0.25) is 0 Å². The summed E-state index contributed by atoms with van der Waals surface area (Å²) in [6.45, 7) is 0.243. The first-order valence-electron chi connectivity index (χ1n) is 5.71. The van der Waals surface area contributed by atoms with Crippen molar-refractivity contribution in [1.82, 2.24) is 9.97 Å². The number of halogens is 1. The number of phenolic OH excluding ortho intramolecular Hbond substituents is 1. The Bertz CT molecular complexity index is 685. The van der Waals surface area contributed by atoms with Gasteiger partial charge >= 0.3 is 0 Å². The Morgan fingerprint density at radius 2 is 2.10 bits per heavy atom. The summed E-state index contributed by atoms with van der Waals surface area (Å²) in [4.78, 5) is 18.6. The minimum atomic E-state index is -0.273. The molecular weight excluding hydrogens is 328 g/mol. The highest BCUT2D eigenvalue weighted by Gasteiger charge is 2.12. The number of ether oxygens (including phenoxy) is 2. The number of nitrogens with one attached hydrogen (secondary N) is 1. The van der Waals surface area contributed by atoms with Crippen LogP contribution in [0.15, 0.2) is 27.5 Å². The molecular formula is C13H13BrN2O4. The number of hydrogen-bond acceptors (Lipinski definition) is 5. The van der Waals surface area contributed by atoms with Crippen molar-refractivity contribution in [3.05, 3.63) is 38.7 Å². The van der Waals surface area contributed by atoms with E-state index in [1.165, 1.54) is 20.3 Å². The van der Waals surface area contributed by atoms with Crippen molar-refractivity contribution in [3.63, 3.8) is 0 Å². The van der Waals surface area contributed by atoms with Crippen LogP contribution in [-0.4, -0.2) is 29.3 Å². The van der Waals surface area contributed by atoms with Crippen LogP contribution in [0.4, 0.5) is 0 Å². The number of phenols is 1. The summed E-state index contributed by atoms with van der Waals surface area (Å²) in [5, 5.41) is 9.78. The van der Waals surface area contributed by atoms with Gasteiger partial charge in [-0.3, -0.25) is 4.79 Å². The monoisotopic (exact) mass is 340 g/mol. The van der Waals surface area contributed by atoms with Crippen molar-refractivity contribution in [2.45, 2.75) is 6.61 Å². The summed E-state index contributed by atoms with van der Waals surface area (Å²) in [5.74, 6) is 0.657. The van der Waals surface area contributed by atoms with Crippen molar-refractivity contribution < 1.29 is 14.6 Å². The fraction of sp³-hybridized carbons (Fsp3) is 0.231. The fourth-order valence-corrected chi connectivity index (χ4v) is 2.17. The molecule has 2 aromatic rings. The van der Waals surface area contributed by atoms with E-state index in [2.05, 4.69) is 25.9 Å². The van der Waals surface area contributed by atoms with E-state index in [0.29, 0.717) is 21.6 Å². The zero-order valence-corrected chi connectivity index (χ0v) is 12.5. The molecule has 0 bridgehead atoms. The average molecular weight is 341 g/mol. The summed E-state index contributed by atoms with van der Waals surface area (Å²) >= 11 is 3.23. The first-order valence-corrected chi connectivity index (χ1v) is 6.50. The molecule has 1 aromatic heterocycles. The molecule has 106 valence electrons. The van der Waals surface area contributed by atoms with Crippen LogP contribution in [0.3, 0.4) is 0 Å². The molecule has 0 saturated carbocycles. The third kappa shape index (κ3) is 3.00. The van der Waals surface area contributed by atoms with E-state index in [9.17, 15) is 9.90 Å². The molecule has 0 aliphatic heterocycles. The number of nitrogens with zero attached hydrogens (tertiary/aromatic N) is 1. The van der Waals surface area contributed by atoms with Crippen LogP contribution < -0.4 is 10.3 Å². The molecule has 7 heteroatoms. The Labute approximate surface area is 123 Å². The van der Waals surface area contributed by atoms with Gasteiger partial charge in [-0.1, -0.05) is 0 Å². The van der Waals surface area contributed by atoms with E-state index >= 15 is 0 Å². The molecule has 0 fully saturated rings. The molecule has 0 radical (unpaired) electrons. The number of methoxy groups -OCH3 is 2. The number of benzene rings is 1. The average Bonchev–Trinajstić information content (AvgIpc) is 2.41. The van der Waals surface area contributed by atoms with Gasteiger partial charge in [-0.05, 0) is 28.1 Å². The third-order valence-electron chi connectivity index (χ3n) is 2.61. The van der Waals surface area contributed by atoms with Crippen molar-refractivity contribution in [2.24, 2.45) is 0 Å². The van der Waals surface area contributed by atoms with Crippen molar-refractivity contribution in [1.29, 1.82) is 0 Å². The van der Waals surface area contributed by atoms with Crippen LogP contribution in [0, 0.1) is 0 Å². The van der Waals surface area contributed by atoms with Crippen LogP contribution >= 0.6 is 15.9 Å². The molecule has 0 aliphatic carbocycles. The van der Waals surface area contributed by atoms with Crippen molar-refractivity contribution in [3.8, 4) is 22.9 Å². The summed E-state index contributed by atoms with van der Waals surface area (Å²) < 4.78 is 10.5. The predicted octanol–water partition coefficient (Wildman–Crippen LogP) is 2.06. The zero-order valence-electron chi connectivity index (χ0n) is 10.9. The van der Waals surface area contributed by atoms with Crippen LogP contribution in [0.5, 0.6) is 11.5 Å². The highest BCUT2D eigenvalue weighted by molar-refractivity contribution is 9.10. The second kappa shape index (κ2) is 6.06. The Morgan fingerprint density at radius 3 is 2.75 bits per heavy atom. The zero-order chi connectivity index (χ0) is 14.7. The molecule has 0 spiro atoms. The maximum Gasteiger partial charge on any atom is 0.251 e. The van der Waals surface area contributed by atoms with Crippen molar-refractivity contribution in [2.75, 3.05) is 14.2 Å². The van der Waals surface area contributed by atoms with E-state index in [4.69, 9.17) is 9.47 Å². The molecule has 6 nitrogen and oxygen atoms in total. The molecule has 0 unspecified atom stereocenters. The quantitative estimate of drug-likeness (QED) is 0.889. The van der Waals surface area contributed by atoms with E-state index in [0.717, 1.165) is 0 Å². The Hall–Kier alpha value is -1.86. The van der Waals surface area contributed by atoms with E-state index in [1.807, 2.05) is 0 Å². The number of aromatic nitrogens is 2. The minimum Gasteiger partial charge on any atom is -0.503 e. The summed E-state index contributed by atoms with van der Waals surface area (Å²) in [6.07, 6.45) is 0. The Balaban J connectivity index is 2.56. The lowest BCUT2D eigenvalue weighted by Gasteiger charge is -2.09. The van der Waals surface area contributed by atoms with E-state index in [-0.39, 0.29) is 23.7 Å². The molecule has 1 heterocycles. The van der Waals surface area contributed by atoms with Gasteiger partial charge in [-0.2, -0.15) is 0 Å². The van der Waals surface area contributed by atoms with E-state index < -0.39 is 0 Å². The van der Waals surface area contributed by atoms with Gasteiger partial charge in [0, 0.05) is 18.7 Å². The number of H-pyrrole nitrogens is 1. The standard InChI is InChI=1S/C13H13BrN2O4/c1-19-6-8-5-11(17)16-13(15-8)7-3-9(14)12(18)10(4-7)20-2/h3-5,18H,6H2,1-2H3,(H,15,16,17). The number of rotatable bonds is 4. The predicted molar refractivity (Wildman–Crippen MR) is 76.9 cm³/mol. The highest BCUT2D eigenvalue weighted by Crippen LogP contribution is 2.37. The van der Waals surface area contributed by atoms with E-state index in [1.54, 1.807) is 12.1 Å². The number of aromatic amines is 1. The largest absolute Gasteiger partial charge is 0.503 e. The maximum atomic E-state index is 11.6. The summed E-state index contributed by atoms with van der Waals surface area (Å²) in [5.41, 5.74) is 0.862. The summed E-state index contributed by atoms with van der Waals surface area (Å²) in [6, 6.07) is 4.61. The van der Waals surface area contributed by atoms with Gasteiger partial charge < -0.3 is 19.6 Å². The lowest BCUT2D eigenvalue weighted by molar-refractivity contribution is 0.181. The van der Waals surface area contributed by atoms with Crippen LogP contribution in [0.25, 0.3) is 11.4 Å². The van der Waals surface area contributed by atoms with Gasteiger partial charge in [0.1, 0.15) is 5.82 Å². The Morgan fingerprint density at radius 1 is 1.35 bits per heavy atom. The minimum absolute atomic E-state index is 0.00774. The first-order chi connectivity index (χ1) is 9.55. The van der Waals surface area contributed by atoms with Gasteiger partial charge in [-0.15, -0.1) is 0 Å². The smallest absolute Gasteiger partial charge is 0.251 e. The van der Waals surface area contributed by atoms with Gasteiger partial charge in [0.2, 0.25) is 0 Å². The van der Waals surface area contributed by atoms with Gasteiger partial charge in [0.05, 0.1) is 23.9 Å². The highest BCUT2D eigenvalue weighted by atomic mass is 79.9. The lowest BCUT2D eigenvalue weighted by atomic mass is 10.2. The molecule has 0 atom stereocenters. The third-order valence-corrected chi connectivity index (χ3v) is 3.21. The van der Waals surface area contributed by atoms with Crippen LogP contribution in [-0.2, 0) is 11.3 Å². The lowest BCUT2D eigenvalue weighted by Crippen LogP contribution is -2.11. The second-order valence-electron chi connectivity index (χ2n) is 4.03. The molecule has 0 amide bonds. The van der Waals surface area contributed by atoms with Gasteiger partial charge in [0.25, 0.3) is 5.56 Å². The van der Waals surface area contributed by atoms with Gasteiger partial charge in [0.15, 0.2) is 11.5 Å². The molecule has 1 aromatic carbocycles. The van der Waals surface area contributed by atoms with Crippen molar-refractivity contribution >= 4 is 15.9 Å². The second-order valence-corrected chi connectivity index (χ2v) is 4.88. The molecule has 20 heavy (non-hydrogen) atoms.